The van der Waals surface area contributed by atoms with Crippen molar-refractivity contribution in [3.05, 3.63) is 83.3 Å². The second kappa shape index (κ2) is 10.9. The first-order valence-electron chi connectivity index (χ1n) is 12.0. The van der Waals surface area contributed by atoms with E-state index < -0.39 is 0 Å². The first-order chi connectivity index (χ1) is 17.2. The Hall–Kier alpha value is -3.42. The number of aromatic nitrogens is 3. The average molecular weight is 484 g/mol. The van der Waals surface area contributed by atoms with Crippen LogP contribution in [-0.2, 0) is 6.42 Å². The van der Waals surface area contributed by atoms with Gasteiger partial charge in [0.05, 0.1) is 22.5 Å². The third-order valence-electron chi connectivity index (χ3n) is 6.33. The summed E-state index contributed by atoms with van der Waals surface area (Å²) < 4.78 is 0. The maximum absolute atomic E-state index is 12.2. The molecule has 2 aromatic carbocycles. The number of carbonyl (C=O) groups is 1. The fraction of sp³-hybridized carbons (Fsp3) is 0.250. The maximum Gasteiger partial charge on any atom is 0.252 e. The number of amides is 1. The number of likely N-dealkylation sites (tertiary alicyclic amines) is 1. The Bertz CT molecular complexity index is 1340. The maximum atomic E-state index is 12.2. The summed E-state index contributed by atoms with van der Waals surface area (Å²) in [4.78, 5) is 21.3. The Labute approximate surface area is 209 Å². The van der Waals surface area contributed by atoms with E-state index in [2.05, 4.69) is 55.7 Å². The van der Waals surface area contributed by atoms with Gasteiger partial charge in [-0.2, -0.15) is 5.10 Å². The summed E-state index contributed by atoms with van der Waals surface area (Å²) in [5.41, 5.74) is 4.70. The summed E-state index contributed by atoms with van der Waals surface area (Å²) in [7, 11) is 1.65. The third kappa shape index (κ3) is 5.63. The number of carbonyl (C=O) groups excluding carboxylic acids is 1. The fourth-order valence-corrected chi connectivity index (χ4v) is 5.34. The quantitative estimate of drug-likeness (QED) is 0.357. The second-order valence-electron chi connectivity index (χ2n) is 8.72. The van der Waals surface area contributed by atoms with Gasteiger partial charge in [0.25, 0.3) is 5.91 Å². The van der Waals surface area contributed by atoms with Crippen molar-refractivity contribution in [2.75, 3.05) is 26.7 Å². The van der Waals surface area contributed by atoms with Gasteiger partial charge in [0.2, 0.25) is 0 Å². The van der Waals surface area contributed by atoms with Crippen LogP contribution in [0.15, 0.2) is 70.6 Å². The van der Waals surface area contributed by atoms with Crippen LogP contribution >= 0.6 is 11.8 Å². The first-order valence-corrected chi connectivity index (χ1v) is 12.8. The number of rotatable bonds is 8. The highest BCUT2D eigenvalue weighted by Crippen LogP contribution is 2.32. The molecule has 1 aliphatic rings. The lowest BCUT2D eigenvalue weighted by atomic mass is 10.1. The summed E-state index contributed by atoms with van der Waals surface area (Å²) >= 11 is 1.57. The molecule has 0 bridgehead atoms. The van der Waals surface area contributed by atoms with Crippen molar-refractivity contribution in [3.63, 3.8) is 0 Å². The van der Waals surface area contributed by atoms with E-state index in [1.165, 1.54) is 31.5 Å². The second-order valence-corrected chi connectivity index (χ2v) is 9.83. The molecule has 0 unspecified atom stereocenters. The first kappa shape index (κ1) is 23.3. The molecule has 0 aliphatic carbocycles. The van der Waals surface area contributed by atoms with Crippen LogP contribution < -0.4 is 5.32 Å². The van der Waals surface area contributed by atoms with E-state index in [0.29, 0.717) is 5.56 Å². The van der Waals surface area contributed by atoms with Crippen molar-refractivity contribution >= 4 is 40.7 Å². The number of hydrogen-bond acceptors (Lipinski definition) is 5. The molecule has 1 amide bonds. The van der Waals surface area contributed by atoms with Crippen LogP contribution in [0.5, 0.6) is 0 Å². The zero-order valence-corrected chi connectivity index (χ0v) is 20.6. The van der Waals surface area contributed by atoms with E-state index in [1.54, 1.807) is 18.8 Å². The van der Waals surface area contributed by atoms with Crippen LogP contribution in [-0.4, -0.2) is 52.7 Å². The molecule has 2 aromatic heterocycles. The lowest BCUT2D eigenvalue weighted by Gasteiger charge is -2.13. The Morgan fingerprint density at radius 1 is 1.11 bits per heavy atom. The number of nitrogens with zero attached hydrogens (tertiary/aromatic N) is 3. The number of nitrogens with one attached hydrogen (secondary N) is 2. The predicted molar refractivity (Wildman–Crippen MR) is 143 cm³/mol. The van der Waals surface area contributed by atoms with Crippen LogP contribution in [0.2, 0.25) is 0 Å². The molecule has 1 aliphatic heterocycles. The van der Waals surface area contributed by atoms with Crippen LogP contribution in [0.25, 0.3) is 23.1 Å². The van der Waals surface area contributed by atoms with Gasteiger partial charge in [-0.3, -0.25) is 14.9 Å². The van der Waals surface area contributed by atoms with Crippen molar-refractivity contribution in [2.45, 2.75) is 29.1 Å². The number of benzene rings is 2. The number of aromatic amines is 1. The Morgan fingerprint density at radius 3 is 2.77 bits per heavy atom. The number of pyridine rings is 1. The molecule has 4 aromatic rings. The topological polar surface area (TPSA) is 73.9 Å². The van der Waals surface area contributed by atoms with Gasteiger partial charge in [0, 0.05) is 35.0 Å². The molecule has 35 heavy (non-hydrogen) atoms. The largest absolute Gasteiger partial charge is 0.355 e. The zero-order chi connectivity index (χ0) is 24.0. The van der Waals surface area contributed by atoms with E-state index in [4.69, 9.17) is 0 Å². The van der Waals surface area contributed by atoms with Crippen molar-refractivity contribution in [2.24, 2.45) is 0 Å². The number of H-pyrrole nitrogens is 1. The Morgan fingerprint density at radius 2 is 1.97 bits per heavy atom. The Kier molecular flexibility index (Phi) is 7.25. The Balaban J connectivity index is 1.26. The molecule has 6 nitrogen and oxygen atoms in total. The van der Waals surface area contributed by atoms with Gasteiger partial charge in [-0.05, 0) is 86.5 Å². The van der Waals surface area contributed by atoms with Gasteiger partial charge in [-0.25, -0.2) is 0 Å². The van der Waals surface area contributed by atoms with Gasteiger partial charge in [-0.15, -0.1) is 0 Å². The van der Waals surface area contributed by atoms with Crippen molar-refractivity contribution < 1.29 is 4.79 Å². The summed E-state index contributed by atoms with van der Waals surface area (Å²) in [6.45, 7) is 3.58. The molecule has 0 radical (unpaired) electrons. The highest BCUT2D eigenvalue weighted by atomic mass is 32.2. The predicted octanol–water partition coefficient (Wildman–Crippen LogP) is 5.28. The number of fused-ring (bicyclic) bond motifs is 1. The molecule has 0 spiro atoms. The summed E-state index contributed by atoms with van der Waals surface area (Å²) in [6.07, 6.45) is 9.69. The minimum Gasteiger partial charge on any atom is -0.355 e. The van der Waals surface area contributed by atoms with Gasteiger partial charge in [-0.1, -0.05) is 30.0 Å². The number of hydrogen-bond donors (Lipinski definition) is 2. The molecule has 3 heterocycles. The summed E-state index contributed by atoms with van der Waals surface area (Å²) in [5, 5.41) is 11.4. The molecular formula is C28H29N5OS. The molecule has 1 fully saturated rings. The van der Waals surface area contributed by atoms with Crippen molar-refractivity contribution in [1.29, 1.82) is 0 Å². The molecule has 1 saturated heterocycles. The van der Waals surface area contributed by atoms with Crippen LogP contribution in [0, 0.1) is 0 Å². The van der Waals surface area contributed by atoms with Crippen LogP contribution in [0.1, 0.15) is 40.2 Å². The van der Waals surface area contributed by atoms with Gasteiger partial charge in [0.15, 0.2) is 0 Å². The smallest absolute Gasteiger partial charge is 0.252 e. The lowest BCUT2D eigenvalue weighted by molar-refractivity contribution is 0.0960. The molecular weight excluding hydrogens is 454 g/mol. The van der Waals surface area contributed by atoms with Gasteiger partial charge in [0.1, 0.15) is 0 Å². The van der Waals surface area contributed by atoms with E-state index in [0.717, 1.165) is 45.0 Å². The third-order valence-corrected chi connectivity index (χ3v) is 7.39. The fourth-order valence-electron chi connectivity index (χ4n) is 4.36. The van der Waals surface area contributed by atoms with E-state index >= 15 is 0 Å². The standard InChI is InChI=1S/C28H29N5OS/c1-29-28(34)24-6-2-3-7-27(24)35-22-11-12-23-25(31-32-26(23)18-22)13-10-21-9-8-20(19-30-21)14-17-33-15-4-5-16-33/h2-3,6-13,18-19H,4-5,14-17H2,1H3,(H,29,34)(H,31,32)/b13-10+. The van der Waals surface area contributed by atoms with E-state index in [-0.39, 0.29) is 5.91 Å². The van der Waals surface area contributed by atoms with Crippen molar-refractivity contribution in [3.8, 4) is 0 Å². The van der Waals surface area contributed by atoms with Gasteiger partial charge >= 0.3 is 0 Å². The molecule has 5 rings (SSSR count). The van der Waals surface area contributed by atoms with Crippen LogP contribution in [0.3, 0.4) is 0 Å². The molecule has 0 atom stereocenters. The summed E-state index contributed by atoms with van der Waals surface area (Å²) in [5.74, 6) is -0.0867. The average Bonchev–Trinajstić information content (AvgIpc) is 3.56. The SMILES string of the molecule is CNC(=O)c1ccccc1Sc1ccc2c(/C=C/c3ccc(CCN4CCCC4)cn3)n[nH]c2c1. The zero-order valence-electron chi connectivity index (χ0n) is 19.8. The van der Waals surface area contributed by atoms with Crippen LogP contribution in [0.4, 0.5) is 0 Å². The van der Waals surface area contributed by atoms with E-state index in [1.807, 2.05) is 42.6 Å². The summed E-state index contributed by atoms with van der Waals surface area (Å²) in [6, 6.07) is 18.1. The van der Waals surface area contributed by atoms with Gasteiger partial charge < -0.3 is 10.2 Å². The molecule has 0 saturated carbocycles. The minimum absolute atomic E-state index is 0.0867. The monoisotopic (exact) mass is 483 g/mol. The van der Waals surface area contributed by atoms with Crippen molar-refractivity contribution in [1.82, 2.24) is 25.4 Å². The molecule has 178 valence electrons. The normalized spacial score (nSPS) is 14.2. The highest BCUT2D eigenvalue weighted by Gasteiger charge is 2.12. The highest BCUT2D eigenvalue weighted by molar-refractivity contribution is 7.99. The molecule has 7 heteroatoms. The minimum atomic E-state index is -0.0867. The lowest BCUT2D eigenvalue weighted by Crippen LogP contribution is -2.21. The van der Waals surface area contributed by atoms with E-state index in [9.17, 15) is 4.79 Å². The molecule has 2 N–H and O–H groups in total.